The second-order valence-corrected chi connectivity index (χ2v) is 7.25. The van der Waals surface area contributed by atoms with Crippen molar-refractivity contribution in [2.45, 2.75) is 0 Å². The fourth-order valence-corrected chi connectivity index (χ4v) is 3.25. The first-order valence-electron chi connectivity index (χ1n) is 9.14. The molecule has 0 spiro atoms. The van der Waals surface area contributed by atoms with Crippen LogP contribution in [0.4, 0.5) is 10.5 Å². The van der Waals surface area contributed by atoms with E-state index in [2.05, 4.69) is 16.2 Å². The highest BCUT2D eigenvalue weighted by molar-refractivity contribution is 7.99. The maximum absolute atomic E-state index is 12.1. The van der Waals surface area contributed by atoms with Crippen LogP contribution in [0.25, 0.3) is 0 Å². The fraction of sp³-hybridized carbons (Fsp3) is 0.250. The summed E-state index contributed by atoms with van der Waals surface area (Å²) in [5.74, 6) is 0.936. The molecule has 1 aliphatic heterocycles. The smallest absolute Gasteiger partial charge is 0.321 e. The minimum atomic E-state index is -0.423. The Bertz CT molecular complexity index is 845. The minimum absolute atomic E-state index is 0.152. The van der Waals surface area contributed by atoms with Crippen LogP contribution in [0.3, 0.4) is 0 Å². The molecule has 0 atom stereocenters. The third-order valence-corrected chi connectivity index (χ3v) is 5.01. The van der Waals surface area contributed by atoms with E-state index in [1.807, 2.05) is 30.3 Å². The third-order valence-electron chi connectivity index (χ3n) is 4.09. The van der Waals surface area contributed by atoms with E-state index in [1.54, 1.807) is 29.2 Å². The van der Waals surface area contributed by atoms with Crippen LogP contribution in [-0.2, 0) is 4.79 Å². The van der Waals surface area contributed by atoms with Crippen molar-refractivity contribution in [1.82, 2.24) is 16.2 Å². The molecule has 3 rings (SSSR count). The zero-order valence-corrected chi connectivity index (χ0v) is 16.5. The summed E-state index contributed by atoms with van der Waals surface area (Å²) in [5.41, 5.74) is 5.88. The number of thioether (sulfide) groups is 1. The van der Waals surface area contributed by atoms with Gasteiger partial charge in [0.05, 0.1) is 12.4 Å². The quantitative estimate of drug-likeness (QED) is 0.452. The number of para-hydroxylation sites is 1. The van der Waals surface area contributed by atoms with E-state index in [-0.39, 0.29) is 17.7 Å². The van der Waals surface area contributed by atoms with Crippen LogP contribution < -0.4 is 25.8 Å². The van der Waals surface area contributed by atoms with Gasteiger partial charge in [0.1, 0.15) is 5.75 Å². The summed E-state index contributed by atoms with van der Waals surface area (Å²) in [6.07, 6.45) is 0. The van der Waals surface area contributed by atoms with Crippen molar-refractivity contribution in [2.75, 3.05) is 36.1 Å². The molecule has 0 bridgehead atoms. The minimum Gasteiger partial charge on any atom is -0.493 e. The summed E-state index contributed by atoms with van der Waals surface area (Å²) in [6.45, 7) is 1.69. The highest BCUT2D eigenvalue weighted by Gasteiger charge is 2.21. The van der Waals surface area contributed by atoms with Crippen LogP contribution in [0, 0.1) is 0 Å². The average molecular weight is 414 g/mol. The molecule has 2 aromatic carbocycles. The molecule has 3 N–H and O–H groups in total. The SMILES string of the molecule is O=C(CSCCOc1ccccc1)NNC(=O)c1ccc(N2CCNC2=O)cc1. The molecule has 152 valence electrons. The zero-order chi connectivity index (χ0) is 20.5. The van der Waals surface area contributed by atoms with Crippen LogP contribution in [-0.4, -0.2) is 49.0 Å². The number of benzene rings is 2. The lowest BCUT2D eigenvalue weighted by atomic mass is 10.2. The lowest BCUT2D eigenvalue weighted by Crippen LogP contribution is -2.42. The second-order valence-electron chi connectivity index (χ2n) is 6.15. The number of hydrazine groups is 1. The van der Waals surface area contributed by atoms with E-state index in [4.69, 9.17) is 4.74 Å². The number of carbonyl (C=O) groups is 3. The summed E-state index contributed by atoms with van der Waals surface area (Å²) >= 11 is 1.41. The van der Waals surface area contributed by atoms with Gasteiger partial charge in [0.2, 0.25) is 5.91 Å². The third kappa shape index (κ3) is 6.15. The monoisotopic (exact) mass is 414 g/mol. The number of anilines is 1. The predicted molar refractivity (Wildman–Crippen MR) is 112 cm³/mol. The van der Waals surface area contributed by atoms with Crippen LogP contribution in [0.15, 0.2) is 54.6 Å². The predicted octanol–water partition coefficient (Wildman–Crippen LogP) is 1.79. The Morgan fingerprint density at radius 1 is 1.07 bits per heavy atom. The zero-order valence-electron chi connectivity index (χ0n) is 15.7. The van der Waals surface area contributed by atoms with Crippen LogP contribution in [0.1, 0.15) is 10.4 Å². The molecular formula is C20H22N4O4S. The van der Waals surface area contributed by atoms with Gasteiger partial charge in [0, 0.05) is 30.1 Å². The van der Waals surface area contributed by atoms with Crippen molar-refractivity contribution in [3.8, 4) is 5.75 Å². The normalized spacial score (nSPS) is 13.0. The number of ether oxygens (including phenoxy) is 1. The summed E-state index contributed by atoms with van der Waals surface area (Å²) in [6, 6.07) is 15.9. The van der Waals surface area contributed by atoms with E-state index in [9.17, 15) is 14.4 Å². The first-order valence-corrected chi connectivity index (χ1v) is 10.3. The summed E-state index contributed by atoms with van der Waals surface area (Å²) in [7, 11) is 0. The Morgan fingerprint density at radius 2 is 1.83 bits per heavy atom. The highest BCUT2D eigenvalue weighted by atomic mass is 32.2. The number of carbonyl (C=O) groups excluding carboxylic acids is 3. The molecule has 1 fully saturated rings. The van der Waals surface area contributed by atoms with Crippen molar-refractivity contribution in [2.24, 2.45) is 0 Å². The lowest BCUT2D eigenvalue weighted by Gasteiger charge is -2.14. The molecule has 1 heterocycles. The van der Waals surface area contributed by atoms with E-state index < -0.39 is 5.91 Å². The van der Waals surface area contributed by atoms with Gasteiger partial charge < -0.3 is 10.1 Å². The maximum Gasteiger partial charge on any atom is 0.321 e. The number of amides is 4. The van der Waals surface area contributed by atoms with Crippen LogP contribution >= 0.6 is 11.8 Å². The van der Waals surface area contributed by atoms with Crippen molar-refractivity contribution < 1.29 is 19.1 Å². The van der Waals surface area contributed by atoms with Crippen molar-refractivity contribution in [3.05, 3.63) is 60.2 Å². The standard InChI is InChI=1S/C20H22N4O4S/c25-18(14-29-13-12-28-17-4-2-1-3-5-17)22-23-19(26)15-6-8-16(9-7-15)24-11-10-21-20(24)27/h1-9H,10-14H2,(H,21,27)(H,22,25)(H,23,26). The lowest BCUT2D eigenvalue weighted by molar-refractivity contribution is -0.119. The summed E-state index contributed by atoms with van der Waals surface area (Å²) in [5, 5.41) is 2.72. The average Bonchev–Trinajstić information content (AvgIpc) is 3.18. The molecule has 9 heteroatoms. The van der Waals surface area contributed by atoms with Crippen molar-refractivity contribution >= 4 is 35.3 Å². The van der Waals surface area contributed by atoms with Crippen LogP contribution in [0.2, 0.25) is 0 Å². The number of rotatable bonds is 8. The maximum atomic E-state index is 12.1. The molecule has 8 nitrogen and oxygen atoms in total. The largest absolute Gasteiger partial charge is 0.493 e. The van der Waals surface area contributed by atoms with Crippen LogP contribution in [0.5, 0.6) is 5.75 Å². The number of nitrogens with one attached hydrogen (secondary N) is 3. The van der Waals surface area contributed by atoms with Gasteiger partial charge >= 0.3 is 6.03 Å². The molecule has 0 unspecified atom stereocenters. The van der Waals surface area contributed by atoms with Gasteiger partial charge in [0.15, 0.2) is 0 Å². The molecule has 0 saturated carbocycles. The first kappa shape index (κ1) is 20.5. The Morgan fingerprint density at radius 3 is 2.52 bits per heavy atom. The van der Waals surface area contributed by atoms with Gasteiger partial charge in [-0.15, -0.1) is 11.8 Å². The Balaban J connectivity index is 1.33. The van der Waals surface area contributed by atoms with Crippen molar-refractivity contribution in [1.29, 1.82) is 0 Å². The molecule has 0 aromatic heterocycles. The first-order chi connectivity index (χ1) is 14.1. The molecule has 29 heavy (non-hydrogen) atoms. The van der Waals surface area contributed by atoms with Gasteiger partial charge in [-0.25, -0.2) is 4.79 Å². The molecule has 1 saturated heterocycles. The molecule has 2 aromatic rings. The molecule has 0 aliphatic carbocycles. The number of urea groups is 1. The Hall–Kier alpha value is -3.20. The molecule has 4 amide bonds. The molecule has 1 aliphatic rings. The van der Waals surface area contributed by atoms with Gasteiger partial charge in [-0.2, -0.15) is 0 Å². The van der Waals surface area contributed by atoms with Gasteiger partial charge in [0.25, 0.3) is 5.91 Å². The van der Waals surface area contributed by atoms with E-state index in [1.165, 1.54) is 11.8 Å². The molecule has 0 radical (unpaired) electrons. The van der Waals surface area contributed by atoms with Gasteiger partial charge in [-0.3, -0.25) is 25.3 Å². The topological polar surface area (TPSA) is 99.8 Å². The second kappa shape index (κ2) is 10.4. The number of hydrogen-bond acceptors (Lipinski definition) is 5. The van der Waals surface area contributed by atoms with Gasteiger partial charge in [-0.1, -0.05) is 18.2 Å². The highest BCUT2D eigenvalue weighted by Crippen LogP contribution is 2.17. The number of hydrogen-bond donors (Lipinski definition) is 3. The van der Waals surface area contributed by atoms with E-state index in [0.717, 1.165) is 11.4 Å². The Kier molecular flexibility index (Phi) is 7.34. The summed E-state index contributed by atoms with van der Waals surface area (Å²) in [4.78, 5) is 37.2. The van der Waals surface area contributed by atoms with Gasteiger partial charge in [-0.05, 0) is 36.4 Å². The number of nitrogens with zero attached hydrogens (tertiary/aromatic N) is 1. The van der Waals surface area contributed by atoms with E-state index in [0.29, 0.717) is 31.0 Å². The van der Waals surface area contributed by atoms with E-state index >= 15 is 0 Å². The molecular weight excluding hydrogens is 392 g/mol. The van der Waals surface area contributed by atoms with Crippen molar-refractivity contribution in [3.63, 3.8) is 0 Å². The Labute approximate surface area is 173 Å². The fourth-order valence-electron chi connectivity index (χ4n) is 2.65. The summed E-state index contributed by atoms with van der Waals surface area (Å²) < 4.78 is 5.55.